The first-order valence-electron chi connectivity index (χ1n) is 13.7. The number of hydrogen-bond acceptors (Lipinski definition) is 2. The van der Waals surface area contributed by atoms with Gasteiger partial charge in [-0.15, -0.1) is 0 Å². The number of rotatable bonds is 4. The summed E-state index contributed by atoms with van der Waals surface area (Å²) in [5.74, 6) is 0. The SMILES string of the molecule is COC1(c2ccccc2C(C)(C)C)c2cc(Br)ccc2-c2ccc(Br)cc2C1(OC)c1ccccc1C(C)(C)C. The fourth-order valence-corrected chi connectivity index (χ4v) is 7.47. The van der Waals surface area contributed by atoms with Crippen LogP contribution in [0.15, 0.2) is 93.9 Å². The summed E-state index contributed by atoms with van der Waals surface area (Å²) in [7, 11) is 3.67. The minimum absolute atomic E-state index is 0.144. The molecule has 0 aliphatic heterocycles. The lowest BCUT2D eigenvalue weighted by Crippen LogP contribution is -2.57. The van der Waals surface area contributed by atoms with Gasteiger partial charge in [0.1, 0.15) is 0 Å². The molecule has 4 aromatic rings. The Balaban J connectivity index is 2.12. The van der Waals surface area contributed by atoms with Crippen LogP contribution in [0.2, 0.25) is 0 Å². The summed E-state index contributed by atoms with van der Waals surface area (Å²) in [6.45, 7) is 13.6. The summed E-state index contributed by atoms with van der Waals surface area (Å²) in [6.07, 6.45) is 0. The van der Waals surface area contributed by atoms with Crippen LogP contribution in [0.5, 0.6) is 0 Å². The van der Waals surface area contributed by atoms with Crippen molar-refractivity contribution in [3.8, 4) is 11.1 Å². The van der Waals surface area contributed by atoms with Gasteiger partial charge in [0, 0.05) is 34.3 Å². The Kier molecular flexibility index (Phi) is 7.49. The summed E-state index contributed by atoms with van der Waals surface area (Å²) >= 11 is 7.62. The van der Waals surface area contributed by atoms with Crippen molar-refractivity contribution in [3.63, 3.8) is 0 Å². The second-order valence-corrected chi connectivity index (χ2v) is 14.6. The molecule has 2 atom stereocenters. The van der Waals surface area contributed by atoms with E-state index >= 15 is 0 Å². The molecule has 4 heteroatoms. The van der Waals surface area contributed by atoms with Crippen LogP contribution in [0.25, 0.3) is 11.1 Å². The molecule has 1 aliphatic rings. The van der Waals surface area contributed by atoms with Crippen molar-refractivity contribution < 1.29 is 9.47 Å². The van der Waals surface area contributed by atoms with E-state index in [1.807, 2.05) is 14.2 Å². The number of fused-ring (bicyclic) bond motifs is 3. The average molecular weight is 663 g/mol. The highest BCUT2D eigenvalue weighted by Crippen LogP contribution is 2.63. The van der Waals surface area contributed by atoms with Crippen LogP contribution in [0, 0.1) is 0 Å². The summed E-state index contributed by atoms with van der Waals surface area (Å²) in [4.78, 5) is 0. The van der Waals surface area contributed by atoms with Crippen LogP contribution < -0.4 is 0 Å². The quantitative estimate of drug-likeness (QED) is 0.217. The fourth-order valence-electron chi connectivity index (χ4n) is 6.75. The Hall–Kier alpha value is -2.24. The third kappa shape index (κ3) is 4.26. The predicted octanol–water partition coefficient (Wildman–Crippen LogP) is 10.3. The van der Waals surface area contributed by atoms with Gasteiger partial charge in [0.15, 0.2) is 11.2 Å². The lowest BCUT2D eigenvalue weighted by molar-refractivity contribution is -0.156. The molecular weight excluding hydrogens is 624 g/mol. The molecule has 0 spiro atoms. The van der Waals surface area contributed by atoms with Crippen molar-refractivity contribution in [2.45, 2.75) is 63.6 Å². The van der Waals surface area contributed by atoms with E-state index in [0.717, 1.165) is 42.3 Å². The molecule has 0 saturated carbocycles. The van der Waals surface area contributed by atoms with Gasteiger partial charge in [-0.05, 0) is 68.5 Å². The second-order valence-electron chi connectivity index (χ2n) is 12.7. The standard InChI is InChI=1S/C36H38Br2O2/c1-33(2,3)27-13-9-11-15-29(27)35(39-7)31-21-23(37)17-19-25(31)26-20-18-24(38)22-32(26)36(35,40-8)30-16-12-10-14-28(30)34(4,5)6/h9-22H,1-8H3. The Morgan fingerprint density at radius 2 is 0.850 bits per heavy atom. The van der Waals surface area contributed by atoms with Gasteiger partial charge < -0.3 is 9.47 Å². The average Bonchev–Trinajstić information content (AvgIpc) is 2.91. The maximum Gasteiger partial charge on any atom is 0.156 e. The number of halogens is 2. The zero-order valence-corrected chi connectivity index (χ0v) is 27.8. The molecule has 0 radical (unpaired) electrons. The van der Waals surface area contributed by atoms with Gasteiger partial charge in [0.2, 0.25) is 0 Å². The molecule has 40 heavy (non-hydrogen) atoms. The third-order valence-corrected chi connectivity index (χ3v) is 9.34. The Morgan fingerprint density at radius 1 is 0.500 bits per heavy atom. The van der Waals surface area contributed by atoms with Gasteiger partial charge in [-0.2, -0.15) is 0 Å². The molecule has 5 rings (SSSR count). The Morgan fingerprint density at radius 3 is 1.18 bits per heavy atom. The lowest BCUT2D eigenvalue weighted by atomic mass is 9.57. The van der Waals surface area contributed by atoms with Crippen LogP contribution in [0.1, 0.15) is 74.9 Å². The summed E-state index contributed by atoms with van der Waals surface area (Å²) in [5, 5.41) is 0. The van der Waals surface area contributed by atoms with Crippen LogP contribution >= 0.6 is 31.9 Å². The lowest BCUT2D eigenvalue weighted by Gasteiger charge is -2.55. The van der Waals surface area contributed by atoms with Crippen molar-refractivity contribution in [1.29, 1.82) is 0 Å². The van der Waals surface area contributed by atoms with E-state index in [1.165, 1.54) is 11.1 Å². The maximum atomic E-state index is 7.05. The van der Waals surface area contributed by atoms with Crippen molar-refractivity contribution in [3.05, 3.63) is 127 Å². The smallest absolute Gasteiger partial charge is 0.156 e. The molecule has 1 aliphatic carbocycles. The monoisotopic (exact) mass is 660 g/mol. The molecule has 0 bridgehead atoms. The first-order valence-corrected chi connectivity index (χ1v) is 15.3. The van der Waals surface area contributed by atoms with E-state index in [4.69, 9.17) is 9.47 Å². The van der Waals surface area contributed by atoms with E-state index in [1.54, 1.807) is 0 Å². The van der Waals surface area contributed by atoms with Gasteiger partial charge in [-0.25, -0.2) is 0 Å². The number of hydrogen-bond donors (Lipinski definition) is 0. The van der Waals surface area contributed by atoms with Gasteiger partial charge in [-0.1, -0.05) is 134 Å². The highest BCUT2D eigenvalue weighted by atomic mass is 79.9. The van der Waals surface area contributed by atoms with E-state index in [0.29, 0.717) is 0 Å². The zero-order chi connectivity index (χ0) is 29.1. The van der Waals surface area contributed by atoms with Crippen molar-refractivity contribution >= 4 is 31.9 Å². The summed E-state index contributed by atoms with van der Waals surface area (Å²) < 4.78 is 16.1. The number of ether oxygens (including phenoxy) is 2. The molecule has 0 N–H and O–H groups in total. The molecule has 208 valence electrons. The topological polar surface area (TPSA) is 18.5 Å². The van der Waals surface area contributed by atoms with Crippen molar-refractivity contribution in [2.75, 3.05) is 14.2 Å². The van der Waals surface area contributed by atoms with E-state index in [9.17, 15) is 0 Å². The Labute approximate surface area is 256 Å². The molecular formula is C36H38Br2O2. The second kappa shape index (κ2) is 10.2. The van der Waals surface area contributed by atoms with Gasteiger partial charge in [-0.3, -0.25) is 0 Å². The molecule has 0 heterocycles. The maximum absolute atomic E-state index is 7.05. The molecule has 0 fully saturated rings. The molecule has 0 saturated heterocycles. The highest BCUT2D eigenvalue weighted by molar-refractivity contribution is 9.10. The number of methoxy groups -OCH3 is 2. The molecule has 2 unspecified atom stereocenters. The van der Waals surface area contributed by atoms with Crippen molar-refractivity contribution in [1.82, 2.24) is 0 Å². The third-order valence-electron chi connectivity index (χ3n) is 8.35. The van der Waals surface area contributed by atoms with Crippen LogP contribution in [-0.2, 0) is 31.5 Å². The molecule has 0 aromatic heterocycles. The van der Waals surface area contributed by atoms with Gasteiger partial charge >= 0.3 is 0 Å². The van der Waals surface area contributed by atoms with Gasteiger partial charge in [0.05, 0.1) is 0 Å². The number of benzene rings is 4. The Bertz CT molecular complexity index is 1460. The summed E-state index contributed by atoms with van der Waals surface area (Å²) in [6, 6.07) is 30.5. The van der Waals surface area contributed by atoms with E-state index in [-0.39, 0.29) is 10.8 Å². The highest BCUT2D eigenvalue weighted by Gasteiger charge is 2.63. The van der Waals surface area contributed by atoms with Crippen LogP contribution in [-0.4, -0.2) is 14.2 Å². The molecule has 2 nitrogen and oxygen atoms in total. The van der Waals surface area contributed by atoms with Crippen LogP contribution in [0.4, 0.5) is 0 Å². The predicted molar refractivity (Wildman–Crippen MR) is 173 cm³/mol. The molecule has 0 amide bonds. The summed E-state index contributed by atoms with van der Waals surface area (Å²) in [5.41, 5.74) is 6.70. The van der Waals surface area contributed by atoms with E-state index < -0.39 is 11.2 Å². The molecule has 4 aromatic carbocycles. The normalized spacial score (nSPS) is 20.6. The van der Waals surface area contributed by atoms with Crippen LogP contribution in [0.3, 0.4) is 0 Å². The largest absolute Gasteiger partial charge is 0.365 e. The first kappa shape index (κ1) is 29.3. The first-order chi connectivity index (χ1) is 18.8. The minimum atomic E-state index is -1.03. The zero-order valence-electron chi connectivity index (χ0n) is 24.7. The van der Waals surface area contributed by atoms with Gasteiger partial charge in [0.25, 0.3) is 0 Å². The minimum Gasteiger partial charge on any atom is -0.365 e. The van der Waals surface area contributed by atoms with E-state index in [2.05, 4.69) is 158 Å². The van der Waals surface area contributed by atoms with Crippen molar-refractivity contribution in [2.24, 2.45) is 0 Å². The fraction of sp³-hybridized carbons (Fsp3) is 0.333.